The van der Waals surface area contributed by atoms with Gasteiger partial charge in [0.2, 0.25) is 0 Å². The average molecular weight is 269 g/mol. The summed E-state index contributed by atoms with van der Waals surface area (Å²) in [4.78, 5) is 7.05. The average Bonchev–Trinajstić information content (AvgIpc) is 2.23. The first kappa shape index (κ1) is 10.9. The zero-order valence-electron chi connectivity index (χ0n) is 9.33. The molecular formula is C12H17BrN2. The summed E-state index contributed by atoms with van der Waals surface area (Å²) in [5.41, 5.74) is 1.07. The van der Waals surface area contributed by atoms with Gasteiger partial charge in [0.1, 0.15) is 5.82 Å². The van der Waals surface area contributed by atoms with Gasteiger partial charge in [0.05, 0.1) is 5.69 Å². The molecule has 0 aromatic carbocycles. The molecule has 1 fully saturated rings. The summed E-state index contributed by atoms with van der Waals surface area (Å²) in [5.74, 6) is 1.13. The minimum absolute atomic E-state index is 0.631. The number of piperidine rings is 1. The van der Waals surface area contributed by atoms with E-state index in [0.29, 0.717) is 6.04 Å². The predicted octanol–water partition coefficient (Wildman–Crippen LogP) is 3.53. The summed E-state index contributed by atoms with van der Waals surface area (Å²) in [6.07, 6.45) is 3.94. The van der Waals surface area contributed by atoms with Gasteiger partial charge in [-0.05, 0) is 61.2 Å². The molecule has 1 aliphatic rings. The first-order chi connectivity index (χ1) is 7.18. The Labute approximate surface area is 99.8 Å². The second-order valence-electron chi connectivity index (χ2n) is 4.27. The van der Waals surface area contributed by atoms with Crippen molar-refractivity contribution in [1.29, 1.82) is 0 Å². The van der Waals surface area contributed by atoms with Crippen LogP contribution in [-0.2, 0) is 0 Å². The smallest absolute Gasteiger partial charge is 0.129 e. The summed E-state index contributed by atoms with van der Waals surface area (Å²) >= 11 is 3.49. The molecule has 0 bridgehead atoms. The van der Waals surface area contributed by atoms with Gasteiger partial charge < -0.3 is 4.90 Å². The van der Waals surface area contributed by atoms with E-state index in [2.05, 4.69) is 44.9 Å². The standard InChI is InChI=1S/C12H17BrN2/c1-9-5-3-4-8-15(9)12-7-6-11(13)10(2)14-12/h6-7,9H,3-5,8H2,1-2H3. The number of hydrogen-bond donors (Lipinski definition) is 0. The molecule has 0 amide bonds. The van der Waals surface area contributed by atoms with Gasteiger partial charge in [-0.15, -0.1) is 0 Å². The Kier molecular flexibility index (Phi) is 3.29. The fourth-order valence-electron chi connectivity index (χ4n) is 2.13. The number of aromatic nitrogens is 1. The van der Waals surface area contributed by atoms with Crippen molar-refractivity contribution in [3.05, 3.63) is 22.3 Å². The van der Waals surface area contributed by atoms with Gasteiger partial charge in [0, 0.05) is 17.1 Å². The Morgan fingerprint density at radius 3 is 2.87 bits per heavy atom. The predicted molar refractivity (Wildman–Crippen MR) is 67.3 cm³/mol. The molecule has 82 valence electrons. The lowest BCUT2D eigenvalue weighted by molar-refractivity contribution is 0.481. The van der Waals surface area contributed by atoms with E-state index < -0.39 is 0 Å². The van der Waals surface area contributed by atoms with Crippen LogP contribution < -0.4 is 4.90 Å². The Balaban J connectivity index is 2.24. The first-order valence-electron chi connectivity index (χ1n) is 5.58. The zero-order chi connectivity index (χ0) is 10.8. The third kappa shape index (κ3) is 2.33. The van der Waals surface area contributed by atoms with Gasteiger partial charge in [-0.25, -0.2) is 4.98 Å². The van der Waals surface area contributed by atoms with Crippen molar-refractivity contribution in [1.82, 2.24) is 4.98 Å². The molecule has 2 rings (SSSR count). The van der Waals surface area contributed by atoms with Crippen LogP contribution in [0, 0.1) is 6.92 Å². The van der Waals surface area contributed by atoms with E-state index in [4.69, 9.17) is 0 Å². The minimum atomic E-state index is 0.631. The molecule has 1 aromatic heterocycles. The third-order valence-corrected chi connectivity index (χ3v) is 3.94. The second kappa shape index (κ2) is 4.52. The quantitative estimate of drug-likeness (QED) is 0.775. The van der Waals surface area contributed by atoms with Crippen LogP contribution in [0.25, 0.3) is 0 Å². The molecule has 2 nitrogen and oxygen atoms in total. The van der Waals surface area contributed by atoms with Crippen molar-refractivity contribution in [2.45, 2.75) is 39.2 Å². The van der Waals surface area contributed by atoms with Crippen LogP contribution in [0.2, 0.25) is 0 Å². The van der Waals surface area contributed by atoms with Crippen LogP contribution in [0.1, 0.15) is 31.9 Å². The number of halogens is 1. The minimum Gasteiger partial charge on any atom is -0.354 e. The molecular weight excluding hydrogens is 252 g/mol. The Morgan fingerprint density at radius 1 is 1.40 bits per heavy atom. The SMILES string of the molecule is Cc1nc(N2CCCCC2C)ccc1Br. The number of rotatable bonds is 1. The highest BCUT2D eigenvalue weighted by atomic mass is 79.9. The van der Waals surface area contributed by atoms with Crippen LogP contribution in [0.5, 0.6) is 0 Å². The molecule has 0 spiro atoms. The van der Waals surface area contributed by atoms with Crippen LogP contribution in [-0.4, -0.2) is 17.6 Å². The largest absolute Gasteiger partial charge is 0.354 e. The molecule has 0 radical (unpaired) electrons. The molecule has 1 aliphatic heterocycles. The molecule has 0 saturated carbocycles. The van der Waals surface area contributed by atoms with E-state index in [9.17, 15) is 0 Å². The van der Waals surface area contributed by atoms with E-state index in [-0.39, 0.29) is 0 Å². The lowest BCUT2D eigenvalue weighted by Gasteiger charge is -2.34. The van der Waals surface area contributed by atoms with E-state index in [1.807, 2.05) is 6.92 Å². The van der Waals surface area contributed by atoms with Crippen LogP contribution in [0.4, 0.5) is 5.82 Å². The highest BCUT2D eigenvalue weighted by Gasteiger charge is 2.19. The maximum absolute atomic E-state index is 4.63. The number of anilines is 1. The summed E-state index contributed by atoms with van der Waals surface area (Å²) in [6.45, 7) is 5.48. The fraction of sp³-hybridized carbons (Fsp3) is 0.583. The molecule has 15 heavy (non-hydrogen) atoms. The van der Waals surface area contributed by atoms with Crippen molar-refractivity contribution in [3.8, 4) is 0 Å². The van der Waals surface area contributed by atoms with Crippen molar-refractivity contribution in [2.75, 3.05) is 11.4 Å². The topological polar surface area (TPSA) is 16.1 Å². The van der Waals surface area contributed by atoms with E-state index in [1.165, 1.54) is 19.3 Å². The summed E-state index contributed by atoms with van der Waals surface area (Å²) < 4.78 is 1.09. The molecule has 0 N–H and O–H groups in total. The number of pyridine rings is 1. The highest BCUT2D eigenvalue weighted by molar-refractivity contribution is 9.10. The Morgan fingerprint density at radius 2 is 2.20 bits per heavy atom. The van der Waals surface area contributed by atoms with Gasteiger partial charge in [-0.1, -0.05) is 0 Å². The normalized spacial score (nSPS) is 21.8. The van der Waals surface area contributed by atoms with E-state index in [0.717, 1.165) is 22.5 Å². The van der Waals surface area contributed by atoms with Gasteiger partial charge in [-0.3, -0.25) is 0 Å². The first-order valence-corrected chi connectivity index (χ1v) is 6.37. The summed E-state index contributed by atoms with van der Waals surface area (Å²) in [5, 5.41) is 0. The van der Waals surface area contributed by atoms with Crippen molar-refractivity contribution >= 4 is 21.7 Å². The molecule has 3 heteroatoms. The number of aryl methyl sites for hydroxylation is 1. The van der Waals surface area contributed by atoms with E-state index in [1.54, 1.807) is 0 Å². The molecule has 1 saturated heterocycles. The maximum Gasteiger partial charge on any atom is 0.129 e. The van der Waals surface area contributed by atoms with Gasteiger partial charge >= 0.3 is 0 Å². The molecule has 1 unspecified atom stereocenters. The number of hydrogen-bond acceptors (Lipinski definition) is 2. The van der Waals surface area contributed by atoms with Crippen molar-refractivity contribution < 1.29 is 0 Å². The molecule has 1 atom stereocenters. The molecule has 0 aliphatic carbocycles. The third-order valence-electron chi connectivity index (χ3n) is 3.10. The monoisotopic (exact) mass is 268 g/mol. The second-order valence-corrected chi connectivity index (χ2v) is 5.13. The lowest BCUT2D eigenvalue weighted by Crippen LogP contribution is -2.38. The lowest BCUT2D eigenvalue weighted by atomic mass is 10.0. The molecule has 2 heterocycles. The highest BCUT2D eigenvalue weighted by Crippen LogP contribution is 2.25. The van der Waals surface area contributed by atoms with Crippen molar-refractivity contribution in [2.24, 2.45) is 0 Å². The van der Waals surface area contributed by atoms with Crippen molar-refractivity contribution in [3.63, 3.8) is 0 Å². The Bertz CT molecular complexity index is 351. The maximum atomic E-state index is 4.63. The number of nitrogens with zero attached hydrogens (tertiary/aromatic N) is 2. The van der Waals surface area contributed by atoms with Gasteiger partial charge in [0.25, 0.3) is 0 Å². The fourth-order valence-corrected chi connectivity index (χ4v) is 2.35. The van der Waals surface area contributed by atoms with E-state index >= 15 is 0 Å². The van der Waals surface area contributed by atoms with Gasteiger partial charge in [-0.2, -0.15) is 0 Å². The van der Waals surface area contributed by atoms with Gasteiger partial charge in [0.15, 0.2) is 0 Å². The Hall–Kier alpha value is -0.570. The summed E-state index contributed by atoms with van der Waals surface area (Å²) in [6, 6.07) is 4.84. The van der Waals surface area contributed by atoms with Crippen LogP contribution in [0.15, 0.2) is 16.6 Å². The van der Waals surface area contributed by atoms with Crippen LogP contribution in [0.3, 0.4) is 0 Å². The zero-order valence-corrected chi connectivity index (χ0v) is 10.9. The van der Waals surface area contributed by atoms with Crippen LogP contribution >= 0.6 is 15.9 Å². The molecule has 1 aromatic rings. The summed E-state index contributed by atoms with van der Waals surface area (Å²) in [7, 11) is 0.